The van der Waals surface area contributed by atoms with Gasteiger partial charge in [0.25, 0.3) is 0 Å². The fraction of sp³-hybridized carbons (Fsp3) is 0.435. The summed E-state index contributed by atoms with van der Waals surface area (Å²) in [7, 11) is -2.52. The number of piperidine rings is 1. The van der Waals surface area contributed by atoms with Gasteiger partial charge >= 0.3 is 5.97 Å². The minimum Gasteiger partial charge on any atom is -0.465 e. The number of aryl methyl sites for hydroxylation is 1. The number of anilines is 1. The van der Waals surface area contributed by atoms with E-state index < -0.39 is 22.0 Å². The lowest BCUT2D eigenvalue weighted by Crippen LogP contribution is -2.34. The van der Waals surface area contributed by atoms with Crippen LogP contribution in [0.25, 0.3) is 0 Å². The molecule has 162 valence electrons. The summed E-state index contributed by atoms with van der Waals surface area (Å²) in [5.74, 6) is 0.133. The summed E-state index contributed by atoms with van der Waals surface area (Å²) in [5, 5.41) is 0. The van der Waals surface area contributed by atoms with Gasteiger partial charge in [-0.3, -0.25) is 0 Å². The molecule has 0 spiro atoms. The number of carbonyl (C=O) groups excluding carboxylic acids is 1. The molecule has 30 heavy (non-hydrogen) atoms. The number of rotatable bonds is 6. The van der Waals surface area contributed by atoms with Gasteiger partial charge in [0.2, 0.25) is 10.0 Å². The average Bonchev–Trinajstić information content (AvgIpc) is 2.73. The number of nitrogens with zero attached hydrogens (tertiary/aromatic N) is 1. The van der Waals surface area contributed by atoms with Crippen LogP contribution in [0.1, 0.15) is 54.2 Å². The van der Waals surface area contributed by atoms with Crippen molar-refractivity contribution in [2.75, 3.05) is 25.1 Å². The Bertz CT molecular complexity index is 1000. The zero-order valence-corrected chi connectivity index (χ0v) is 18.8. The highest BCUT2D eigenvalue weighted by Crippen LogP contribution is 2.25. The number of esters is 1. The summed E-state index contributed by atoms with van der Waals surface area (Å²) in [4.78, 5) is 14.3. The SMILES string of the molecule is COC(=O)c1cc(S(=O)(=O)N[C@H](C)c2ccc(N3CCC[C@H](C)C3)cc2)ccc1C. The number of benzene rings is 2. The highest BCUT2D eigenvalue weighted by molar-refractivity contribution is 7.89. The normalized spacial score (nSPS) is 18.1. The molecule has 6 nitrogen and oxygen atoms in total. The van der Waals surface area contributed by atoms with Gasteiger partial charge in [-0.05, 0) is 68.0 Å². The lowest BCUT2D eigenvalue weighted by atomic mass is 9.99. The predicted molar refractivity (Wildman–Crippen MR) is 118 cm³/mol. The number of sulfonamides is 1. The van der Waals surface area contributed by atoms with Crippen molar-refractivity contribution in [3.8, 4) is 0 Å². The molecule has 0 aromatic heterocycles. The molecule has 1 saturated heterocycles. The number of nitrogens with one attached hydrogen (secondary N) is 1. The van der Waals surface area contributed by atoms with Crippen molar-refractivity contribution >= 4 is 21.7 Å². The third kappa shape index (κ3) is 5.02. The lowest BCUT2D eigenvalue weighted by Gasteiger charge is -2.33. The Labute approximate surface area is 179 Å². The van der Waals surface area contributed by atoms with Crippen molar-refractivity contribution in [3.05, 3.63) is 59.2 Å². The van der Waals surface area contributed by atoms with Crippen LogP contribution in [0, 0.1) is 12.8 Å². The number of carbonyl (C=O) groups is 1. The van der Waals surface area contributed by atoms with Crippen molar-refractivity contribution in [1.29, 1.82) is 0 Å². The molecule has 0 radical (unpaired) electrons. The molecule has 2 atom stereocenters. The molecular weight excluding hydrogens is 400 g/mol. The fourth-order valence-electron chi connectivity index (χ4n) is 3.86. The van der Waals surface area contributed by atoms with E-state index in [1.807, 2.05) is 19.1 Å². The van der Waals surface area contributed by atoms with Crippen molar-refractivity contribution < 1.29 is 17.9 Å². The minimum absolute atomic E-state index is 0.0410. The summed E-state index contributed by atoms with van der Waals surface area (Å²) >= 11 is 0. The molecule has 0 saturated carbocycles. The minimum atomic E-state index is -3.79. The maximum Gasteiger partial charge on any atom is 0.338 e. The Hall–Kier alpha value is -2.38. The van der Waals surface area contributed by atoms with Gasteiger partial charge in [0.05, 0.1) is 17.6 Å². The molecule has 1 N–H and O–H groups in total. The van der Waals surface area contributed by atoms with Crippen LogP contribution < -0.4 is 9.62 Å². The number of ether oxygens (including phenoxy) is 1. The predicted octanol–water partition coefficient (Wildman–Crippen LogP) is 4.06. The van der Waals surface area contributed by atoms with Crippen LogP contribution in [0.3, 0.4) is 0 Å². The van der Waals surface area contributed by atoms with E-state index in [0.717, 1.165) is 18.7 Å². The van der Waals surface area contributed by atoms with Crippen molar-refractivity contribution in [2.45, 2.75) is 44.6 Å². The third-order valence-electron chi connectivity index (χ3n) is 5.67. The monoisotopic (exact) mass is 430 g/mol. The molecule has 0 aliphatic carbocycles. The zero-order chi connectivity index (χ0) is 21.9. The van der Waals surface area contributed by atoms with E-state index in [0.29, 0.717) is 11.5 Å². The van der Waals surface area contributed by atoms with Crippen LogP contribution in [0.15, 0.2) is 47.4 Å². The quantitative estimate of drug-likeness (QED) is 0.700. The van der Waals surface area contributed by atoms with Crippen LogP contribution in [0.2, 0.25) is 0 Å². The molecule has 1 heterocycles. The molecule has 0 unspecified atom stereocenters. The summed E-state index contributed by atoms with van der Waals surface area (Å²) in [5.41, 5.74) is 2.96. The summed E-state index contributed by atoms with van der Waals surface area (Å²) in [6, 6.07) is 12.1. The van der Waals surface area contributed by atoms with Gasteiger partial charge in [0.1, 0.15) is 0 Å². The summed E-state index contributed by atoms with van der Waals surface area (Å²) in [6.45, 7) is 7.93. The van der Waals surface area contributed by atoms with Crippen LogP contribution >= 0.6 is 0 Å². The Morgan fingerprint density at radius 1 is 1.20 bits per heavy atom. The van der Waals surface area contributed by atoms with E-state index >= 15 is 0 Å². The van der Waals surface area contributed by atoms with Gasteiger partial charge in [0, 0.05) is 24.8 Å². The van der Waals surface area contributed by atoms with E-state index in [1.54, 1.807) is 13.0 Å². The van der Waals surface area contributed by atoms with Gasteiger partial charge in [-0.2, -0.15) is 0 Å². The van der Waals surface area contributed by atoms with Crippen molar-refractivity contribution in [3.63, 3.8) is 0 Å². The largest absolute Gasteiger partial charge is 0.465 e. The van der Waals surface area contributed by atoms with Crippen molar-refractivity contribution in [2.24, 2.45) is 5.92 Å². The zero-order valence-electron chi connectivity index (χ0n) is 18.0. The molecule has 0 amide bonds. The highest BCUT2D eigenvalue weighted by Gasteiger charge is 2.22. The van der Waals surface area contributed by atoms with E-state index in [1.165, 1.54) is 37.8 Å². The first-order valence-electron chi connectivity index (χ1n) is 10.3. The van der Waals surface area contributed by atoms with E-state index in [-0.39, 0.29) is 10.5 Å². The van der Waals surface area contributed by atoms with Crippen LogP contribution in [-0.4, -0.2) is 34.6 Å². The first-order valence-corrected chi connectivity index (χ1v) is 11.8. The Balaban J connectivity index is 1.75. The molecule has 2 aromatic rings. The van der Waals surface area contributed by atoms with Gasteiger partial charge in [-0.15, -0.1) is 0 Å². The van der Waals surface area contributed by atoms with E-state index in [4.69, 9.17) is 4.74 Å². The van der Waals surface area contributed by atoms with Gasteiger partial charge < -0.3 is 9.64 Å². The van der Waals surface area contributed by atoms with Crippen LogP contribution in [0.4, 0.5) is 5.69 Å². The lowest BCUT2D eigenvalue weighted by molar-refractivity contribution is 0.0599. The molecule has 0 bridgehead atoms. The number of methoxy groups -OCH3 is 1. The fourth-order valence-corrected chi connectivity index (χ4v) is 5.12. The van der Waals surface area contributed by atoms with Crippen molar-refractivity contribution in [1.82, 2.24) is 4.72 Å². The molecule has 1 fully saturated rings. The van der Waals surface area contributed by atoms with Crippen LogP contribution in [0.5, 0.6) is 0 Å². The Morgan fingerprint density at radius 2 is 1.90 bits per heavy atom. The molecule has 3 rings (SSSR count). The second-order valence-corrected chi connectivity index (χ2v) is 9.81. The molecule has 7 heteroatoms. The van der Waals surface area contributed by atoms with Gasteiger partial charge in [-0.1, -0.05) is 25.1 Å². The summed E-state index contributed by atoms with van der Waals surface area (Å²) in [6.07, 6.45) is 2.47. The first kappa shape index (κ1) is 22.3. The molecule has 1 aliphatic heterocycles. The maximum atomic E-state index is 12.9. The average molecular weight is 431 g/mol. The first-order chi connectivity index (χ1) is 14.2. The van der Waals surface area contributed by atoms with E-state index in [2.05, 4.69) is 28.7 Å². The molecule has 2 aromatic carbocycles. The second-order valence-electron chi connectivity index (χ2n) is 8.10. The van der Waals surface area contributed by atoms with Gasteiger partial charge in [0.15, 0.2) is 0 Å². The number of hydrogen-bond acceptors (Lipinski definition) is 5. The molecule has 1 aliphatic rings. The second kappa shape index (κ2) is 9.18. The third-order valence-corrected chi connectivity index (χ3v) is 7.21. The topological polar surface area (TPSA) is 75.7 Å². The smallest absolute Gasteiger partial charge is 0.338 e. The van der Waals surface area contributed by atoms with Crippen LogP contribution in [-0.2, 0) is 14.8 Å². The Morgan fingerprint density at radius 3 is 2.53 bits per heavy atom. The standard InChI is InChI=1S/C23H30N2O4S/c1-16-6-5-13-25(15-16)20-10-8-19(9-11-20)18(3)24-30(27,28)21-12-7-17(2)22(14-21)23(26)29-4/h7-12,14,16,18,24H,5-6,13,15H2,1-4H3/t16-,18+/m0/s1. The maximum absolute atomic E-state index is 12.9. The highest BCUT2D eigenvalue weighted by atomic mass is 32.2. The Kier molecular flexibility index (Phi) is 6.83. The van der Waals surface area contributed by atoms with Gasteiger partial charge in [-0.25, -0.2) is 17.9 Å². The van der Waals surface area contributed by atoms with E-state index in [9.17, 15) is 13.2 Å². The summed E-state index contributed by atoms with van der Waals surface area (Å²) < 4.78 is 33.2. The number of hydrogen-bond donors (Lipinski definition) is 1. The molecular formula is C23H30N2O4S.